The Hall–Kier alpha value is -1.66. The lowest BCUT2D eigenvalue weighted by Gasteiger charge is -2.26. The second kappa shape index (κ2) is 7.81. The van der Waals surface area contributed by atoms with E-state index < -0.39 is 12.1 Å². The molecule has 2 amide bonds. The van der Waals surface area contributed by atoms with Crippen LogP contribution >= 0.6 is 12.4 Å². The molecule has 2 atom stereocenters. The van der Waals surface area contributed by atoms with Gasteiger partial charge in [-0.25, -0.2) is 0 Å². The van der Waals surface area contributed by atoms with Gasteiger partial charge < -0.3 is 15.3 Å². The van der Waals surface area contributed by atoms with Gasteiger partial charge in [0.15, 0.2) is 0 Å². The molecular formula is C13H18ClN3O3. The first-order chi connectivity index (χ1) is 9.24. The van der Waals surface area contributed by atoms with Crippen molar-refractivity contribution < 1.29 is 14.7 Å². The standard InChI is InChI=1S/C13H17N3O3.ClH/c17-9-15-11(13(19)16-7-1-2-8-16)12(18)10-3-5-14-6-4-10;/h3-6,9,11-12,18H,1-2,7-8H2,(H,15,17);1H. The smallest absolute Gasteiger partial charge is 0.248 e. The lowest BCUT2D eigenvalue weighted by atomic mass is 10.0. The van der Waals surface area contributed by atoms with Crippen molar-refractivity contribution in [1.29, 1.82) is 0 Å². The highest BCUT2D eigenvalue weighted by Crippen LogP contribution is 2.19. The molecule has 0 spiro atoms. The van der Waals surface area contributed by atoms with Crippen molar-refractivity contribution in [2.75, 3.05) is 13.1 Å². The largest absolute Gasteiger partial charge is 0.386 e. The van der Waals surface area contributed by atoms with Gasteiger partial charge in [-0.1, -0.05) is 0 Å². The summed E-state index contributed by atoms with van der Waals surface area (Å²) in [6, 6.07) is 2.31. The minimum Gasteiger partial charge on any atom is -0.386 e. The maximum Gasteiger partial charge on any atom is 0.248 e. The van der Waals surface area contributed by atoms with Gasteiger partial charge in [0.25, 0.3) is 0 Å². The molecule has 2 rings (SSSR count). The zero-order valence-corrected chi connectivity index (χ0v) is 11.8. The van der Waals surface area contributed by atoms with Gasteiger partial charge in [0.2, 0.25) is 12.3 Å². The minimum atomic E-state index is -1.07. The van der Waals surface area contributed by atoms with E-state index in [1.807, 2.05) is 0 Å². The fraction of sp³-hybridized carbons (Fsp3) is 0.462. The van der Waals surface area contributed by atoms with Crippen LogP contribution in [0.2, 0.25) is 0 Å². The van der Waals surface area contributed by atoms with Crippen LogP contribution in [0.5, 0.6) is 0 Å². The van der Waals surface area contributed by atoms with Crippen molar-refractivity contribution >= 4 is 24.7 Å². The van der Waals surface area contributed by atoms with E-state index in [1.165, 1.54) is 12.4 Å². The average molecular weight is 300 g/mol. The molecule has 0 saturated carbocycles. The van der Waals surface area contributed by atoms with Crippen molar-refractivity contribution in [3.63, 3.8) is 0 Å². The molecule has 1 aliphatic heterocycles. The first-order valence-electron chi connectivity index (χ1n) is 6.30. The number of nitrogens with one attached hydrogen (secondary N) is 1. The highest BCUT2D eigenvalue weighted by Gasteiger charge is 2.32. The van der Waals surface area contributed by atoms with Crippen LogP contribution in [0.15, 0.2) is 24.5 Å². The molecule has 6 nitrogen and oxygen atoms in total. The van der Waals surface area contributed by atoms with Gasteiger partial charge in [-0.2, -0.15) is 0 Å². The van der Waals surface area contributed by atoms with Crippen LogP contribution in [0.1, 0.15) is 24.5 Å². The molecule has 0 aliphatic carbocycles. The van der Waals surface area contributed by atoms with Gasteiger partial charge in [0.1, 0.15) is 12.1 Å². The molecule has 20 heavy (non-hydrogen) atoms. The molecule has 0 bridgehead atoms. The summed E-state index contributed by atoms with van der Waals surface area (Å²) in [5.74, 6) is -0.242. The first kappa shape index (κ1) is 16.4. The van der Waals surface area contributed by atoms with E-state index in [2.05, 4.69) is 10.3 Å². The van der Waals surface area contributed by atoms with Crippen LogP contribution in [0, 0.1) is 0 Å². The Bertz CT molecular complexity index is 438. The van der Waals surface area contributed by atoms with Crippen molar-refractivity contribution in [3.8, 4) is 0 Å². The second-order valence-corrected chi connectivity index (χ2v) is 4.52. The van der Waals surface area contributed by atoms with Gasteiger partial charge in [-0.15, -0.1) is 12.4 Å². The predicted octanol–water partition coefficient (Wildman–Crippen LogP) is 0.274. The van der Waals surface area contributed by atoms with Crippen molar-refractivity contribution in [1.82, 2.24) is 15.2 Å². The zero-order valence-electron chi connectivity index (χ0n) is 10.9. The Morgan fingerprint density at radius 1 is 1.35 bits per heavy atom. The van der Waals surface area contributed by atoms with Crippen LogP contribution in [-0.4, -0.2) is 46.4 Å². The number of carbonyl (C=O) groups excluding carboxylic acids is 2. The molecular weight excluding hydrogens is 282 g/mol. The summed E-state index contributed by atoms with van der Waals surface area (Å²) < 4.78 is 0. The Kier molecular flexibility index (Phi) is 6.41. The van der Waals surface area contributed by atoms with E-state index in [1.54, 1.807) is 17.0 Å². The number of likely N-dealkylation sites (tertiary alicyclic amines) is 1. The molecule has 0 aromatic carbocycles. The first-order valence-corrected chi connectivity index (χ1v) is 6.30. The van der Waals surface area contributed by atoms with E-state index in [9.17, 15) is 14.7 Å². The summed E-state index contributed by atoms with van der Waals surface area (Å²) in [6.07, 6.45) is 4.38. The van der Waals surface area contributed by atoms with Crippen LogP contribution in [0.4, 0.5) is 0 Å². The number of halogens is 1. The number of rotatable bonds is 5. The predicted molar refractivity (Wildman–Crippen MR) is 75.2 cm³/mol. The quantitative estimate of drug-likeness (QED) is 0.765. The van der Waals surface area contributed by atoms with Gasteiger partial charge in [0.05, 0.1) is 0 Å². The van der Waals surface area contributed by atoms with Gasteiger partial charge in [-0.3, -0.25) is 14.6 Å². The third-order valence-electron chi connectivity index (χ3n) is 3.29. The maximum atomic E-state index is 12.3. The van der Waals surface area contributed by atoms with Crippen molar-refractivity contribution in [3.05, 3.63) is 30.1 Å². The molecule has 1 aliphatic rings. The summed E-state index contributed by atoms with van der Waals surface area (Å²) in [4.78, 5) is 28.5. The highest BCUT2D eigenvalue weighted by molar-refractivity contribution is 5.85. The zero-order chi connectivity index (χ0) is 13.7. The van der Waals surface area contributed by atoms with E-state index in [0.29, 0.717) is 25.1 Å². The Labute approximate surface area is 123 Å². The number of carbonyl (C=O) groups is 2. The van der Waals surface area contributed by atoms with Crippen LogP contribution in [-0.2, 0) is 9.59 Å². The molecule has 110 valence electrons. The molecule has 0 radical (unpaired) electrons. The maximum absolute atomic E-state index is 12.3. The minimum absolute atomic E-state index is 0. The lowest BCUT2D eigenvalue weighted by molar-refractivity contribution is -0.137. The van der Waals surface area contributed by atoms with E-state index in [-0.39, 0.29) is 18.3 Å². The molecule has 1 aromatic heterocycles. The van der Waals surface area contributed by atoms with E-state index in [0.717, 1.165) is 12.8 Å². The third kappa shape index (κ3) is 3.68. The average Bonchev–Trinajstić information content (AvgIpc) is 2.98. The van der Waals surface area contributed by atoms with Crippen molar-refractivity contribution in [2.24, 2.45) is 0 Å². The summed E-state index contributed by atoms with van der Waals surface area (Å²) in [6.45, 7) is 1.36. The van der Waals surface area contributed by atoms with E-state index in [4.69, 9.17) is 0 Å². The molecule has 2 heterocycles. The van der Waals surface area contributed by atoms with Crippen LogP contribution in [0.25, 0.3) is 0 Å². The highest BCUT2D eigenvalue weighted by atomic mass is 35.5. The topological polar surface area (TPSA) is 82.5 Å². The number of pyridine rings is 1. The Balaban J connectivity index is 0.00000200. The van der Waals surface area contributed by atoms with Gasteiger partial charge >= 0.3 is 0 Å². The fourth-order valence-corrected chi connectivity index (χ4v) is 2.26. The normalized spacial score (nSPS) is 16.9. The second-order valence-electron chi connectivity index (χ2n) is 4.52. The molecule has 7 heteroatoms. The Morgan fingerprint density at radius 2 is 1.95 bits per heavy atom. The fourth-order valence-electron chi connectivity index (χ4n) is 2.26. The molecule has 2 unspecified atom stereocenters. The summed E-state index contributed by atoms with van der Waals surface area (Å²) >= 11 is 0. The SMILES string of the molecule is Cl.O=CNC(C(=O)N1CCCC1)C(O)c1ccncc1. The number of hydrogen-bond donors (Lipinski definition) is 2. The summed E-state index contributed by atoms with van der Waals surface area (Å²) in [7, 11) is 0. The van der Waals surface area contributed by atoms with Gasteiger partial charge in [-0.05, 0) is 30.5 Å². The number of aliphatic hydroxyl groups is 1. The van der Waals surface area contributed by atoms with Crippen LogP contribution < -0.4 is 5.32 Å². The lowest BCUT2D eigenvalue weighted by Crippen LogP contribution is -2.48. The molecule has 1 aromatic rings. The third-order valence-corrected chi connectivity index (χ3v) is 3.29. The monoisotopic (exact) mass is 299 g/mol. The molecule has 2 N–H and O–H groups in total. The van der Waals surface area contributed by atoms with Gasteiger partial charge in [0, 0.05) is 25.5 Å². The van der Waals surface area contributed by atoms with Crippen LogP contribution in [0.3, 0.4) is 0 Å². The number of aromatic nitrogens is 1. The molecule has 1 saturated heterocycles. The summed E-state index contributed by atoms with van der Waals surface area (Å²) in [5, 5.41) is 12.7. The number of nitrogens with zero attached hydrogens (tertiary/aromatic N) is 2. The number of aliphatic hydroxyl groups excluding tert-OH is 1. The number of amides is 2. The Morgan fingerprint density at radius 3 is 2.50 bits per heavy atom. The summed E-state index contributed by atoms with van der Waals surface area (Å²) in [5.41, 5.74) is 0.557. The van der Waals surface area contributed by atoms with E-state index >= 15 is 0 Å². The number of hydrogen-bond acceptors (Lipinski definition) is 4. The molecule has 1 fully saturated rings. The van der Waals surface area contributed by atoms with Crippen molar-refractivity contribution in [2.45, 2.75) is 25.0 Å².